The molecule has 12 heteroatoms. The molecule has 1 aliphatic carbocycles. The Bertz CT molecular complexity index is 1410. The number of carbonyl (C=O) groups excluding carboxylic acids is 3. The molecule has 2 aromatic heterocycles. The third-order valence-electron chi connectivity index (χ3n) is 6.74. The molecule has 1 amide bonds. The number of aromatic nitrogens is 3. The van der Waals surface area contributed by atoms with E-state index in [0.29, 0.717) is 23.1 Å². The second-order valence-corrected chi connectivity index (χ2v) is 9.48. The maximum Gasteiger partial charge on any atom is 0.328 e. The lowest BCUT2D eigenvalue weighted by Crippen LogP contribution is -2.42. The minimum atomic E-state index is -0.957. The first-order valence-corrected chi connectivity index (χ1v) is 13.5. The molecule has 4 rings (SSSR count). The highest BCUT2D eigenvalue weighted by Crippen LogP contribution is 2.31. The van der Waals surface area contributed by atoms with Gasteiger partial charge in [-0.1, -0.05) is 0 Å². The van der Waals surface area contributed by atoms with Crippen molar-refractivity contribution in [3.63, 3.8) is 0 Å². The Hall–Kier alpha value is -4.48. The van der Waals surface area contributed by atoms with Crippen molar-refractivity contribution in [1.29, 1.82) is 0 Å². The summed E-state index contributed by atoms with van der Waals surface area (Å²) in [5.41, 5.74) is 16.5. The quantitative estimate of drug-likeness (QED) is 0.258. The van der Waals surface area contributed by atoms with E-state index in [9.17, 15) is 14.4 Å². The monoisotopic (exact) mass is 549 g/mol. The average molecular weight is 550 g/mol. The van der Waals surface area contributed by atoms with E-state index >= 15 is 0 Å². The van der Waals surface area contributed by atoms with Crippen LogP contribution in [0.15, 0.2) is 24.4 Å². The summed E-state index contributed by atoms with van der Waals surface area (Å²) in [5.74, 6) is -1.04. The first-order chi connectivity index (χ1) is 19.3. The number of nitrogens with two attached hydrogens (primary N) is 2. The Morgan fingerprint density at radius 1 is 1.02 bits per heavy atom. The molecule has 0 bridgehead atoms. The molecule has 0 unspecified atom stereocenters. The molecule has 0 radical (unpaired) electrons. The number of carbonyl (C=O) groups is 3. The topological polar surface area (TPSA) is 184 Å². The molecule has 212 valence electrons. The third kappa shape index (κ3) is 6.74. The summed E-state index contributed by atoms with van der Waals surface area (Å²) in [6.07, 6.45) is 5.32. The van der Waals surface area contributed by atoms with E-state index in [1.54, 1.807) is 26.1 Å². The summed E-state index contributed by atoms with van der Waals surface area (Å²) >= 11 is 0. The van der Waals surface area contributed by atoms with Gasteiger partial charge in [0.1, 0.15) is 11.9 Å². The minimum Gasteiger partial charge on any atom is -0.466 e. The zero-order valence-corrected chi connectivity index (χ0v) is 22.8. The van der Waals surface area contributed by atoms with Crippen molar-refractivity contribution in [1.82, 2.24) is 20.3 Å². The average Bonchev–Trinajstić information content (AvgIpc) is 2.94. The van der Waals surface area contributed by atoms with Gasteiger partial charge in [0.25, 0.3) is 5.91 Å². The third-order valence-corrected chi connectivity index (χ3v) is 6.74. The van der Waals surface area contributed by atoms with Crippen molar-refractivity contribution in [2.75, 3.05) is 30.0 Å². The Kier molecular flexibility index (Phi) is 9.31. The number of pyridine rings is 1. The lowest BCUT2D eigenvalue weighted by molar-refractivity contribution is -0.146. The molecular weight excluding hydrogens is 514 g/mol. The number of fused-ring (bicyclic) bond motifs is 2. The van der Waals surface area contributed by atoms with Crippen molar-refractivity contribution in [2.45, 2.75) is 65.0 Å². The van der Waals surface area contributed by atoms with Crippen LogP contribution in [0.2, 0.25) is 0 Å². The molecule has 0 spiro atoms. The van der Waals surface area contributed by atoms with Crippen LogP contribution < -0.4 is 22.1 Å². The van der Waals surface area contributed by atoms with Crippen molar-refractivity contribution in [3.05, 3.63) is 46.6 Å². The Morgan fingerprint density at radius 2 is 1.77 bits per heavy atom. The largest absolute Gasteiger partial charge is 0.466 e. The maximum atomic E-state index is 13.4. The SMILES string of the molecule is CCOC(=O)CC[C@H](NC(=O)c1ccc(NCc2cnc3nc(N)nc(N)c3c2)c2c1CCCC2)C(=O)OCC. The first kappa shape index (κ1) is 28.5. The molecule has 1 atom stereocenters. The van der Waals surface area contributed by atoms with Crippen LogP contribution in [0.25, 0.3) is 11.0 Å². The number of nitrogens with one attached hydrogen (secondary N) is 2. The van der Waals surface area contributed by atoms with Crippen LogP contribution in [0.3, 0.4) is 0 Å². The molecule has 3 aromatic rings. The molecule has 0 saturated heterocycles. The second kappa shape index (κ2) is 13.0. The number of esters is 2. The van der Waals surface area contributed by atoms with Crippen LogP contribution in [-0.2, 0) is 38.4 Å². The fraction of sp³-hybridized carbons (Fsp3) is 0.429. The molecule has 2 heterocycles. The van der Waals surface area contributed by atoms with E-state index in [-0.39, 0.29) is 43.7 Å². The smallest absolute Gasteiger partial charge is 0.328 e. The van der Waals surface area contributed by atoms with Gasteiger partial charge < -0.3 is 31.6 Å². The number of benzene rings is 1. The van der Waals surface area contributed by atoms with Crippen LogP contribution in [0.1, 0.15) is 66.6 Å². The summed E-state index contributed by atoms with van der Waals surface area (Å²) < 4.78 is 10.1. The first-order valence-electron chi connectivity index (χ1n) is 13.5. The van der Waals surface area contributed by atoms with E-state index in [1.165, 1.54) is 0 Å². The van der Waals surface area contributed by atoms with Gasteiger partial charge in [0.2, 0.25) is 5.95 Å². The van der Waals surface area contributed by atoms with Gasteiger partial charge in [0.15, 0.2) is 5.65 Å². The number of ether oxygens (including phenoxy) is 2. The summed E-state index contributed by atoms with van der Waals surface area (Å²) in [5, 5.41) is 6.88. The highest BCUT2D eigenvalue weighted by atomic mass is 16.5. The van der Waals surface area contributed by atoms with Crippen LogP contribution in [0.4, 0.5) is 17.5 Å². The van der Waals surface area contributed by atoms with Gasteiger partial charge in [-0.05, 0) is 80.8 Å². The zero-order chi connectivity index (χ0) is 28.6. The molecule has 6 N–H and O–H groups in total. The zero-order valence-electron chi connectivity index (χ0n) is 22.8. The summed E-state index contributed by atoms with van der Waals surface area (Å²) in [6, 6.07) is 4.57. The number of nitrogens with zero attached hydrogens (tertiary/aromatic N) is 3. The highest BCUT2D eigenvalue weighted by Gasteiger charge is 2.27. The molecule has 1 aromatic carbocycles. The van der Waals surface area contributed by atoms with Crippen molar-refractivity contribution < 1.29 is 23.9 Å². The molecule has 40 heavy (non-hydrogen) atoms. The number of hydrogen-bond donors (Lipinski definition) is 4. The fourth-order valence-corrected chi connectivity index (χ4v) is 4.86. The van der Waals surface area contributed by atoms with Crippen LogP contribution in [-0.4, -0.2) is 52.1 Å². The number of hydrogen-bond acceptors (Lipinski definition) is 11. The van der Waals surface area contributed by atoms with Gasteiger partial charge in [-0.25, -0.2) is 9.78 Å². The number of rotatable bonds is 11. The molecule has 0 fully saturated rings. The second-order valence-electron chi connectivity index (χ2n) is 9.48. The van der Waals surface area contributed by atoms with Gasteiger partial charge in [-0.15, -0.1) is 0 Å². The van der Waals surface area contributed by atoms with Gasteiger partial charge >= 0.3 is 11.9 Å². The Morgan fingerprint density at radius 3 is 2.52 bits per heavy atom. The van der Waals surface area contributed by atoms with Gasteiger partial charge in [0, 0.05) is 30.4 Å². The van der Waals surface area contributed by atoms with Gasteiger partial charge in [0.05, 0.1) is 18.6 Å². The van der Waals surface area contributed by atoms with E-state index < -0.39 is 18.0 Å². The van der Waals surface area contributed by atoms with Crippen molar-refractivity contribution >= 4 is 46.3 Å². The number of anilines is 3. The van der Waals surface area contributed by atoms with E-state index in [0.717, 1.165) is 48.1 Å². The predicted molar refractivity (Wildman–Crippen MR) is 150 cm³/mol. The highest BCUT2D eigenvalue weighted by molar-refractivity contribution is 5.99. The molecule has 12 nitrogen and oxygen atoms in total. The van der Waals surface area contributed by atoms with E-state index in [2.05, 4.69) is 25.6 Å². The molecule has 1 aliphatic rings. The maximum absolute atomic E-state index is 13.4. The molecule has 0 saturated carbocycles. The van der Waals surface area contributed by atoms with Crippen LogP contribution in [0.5, 0.6) is 0 Å². The van der Waals surface area contributed by atoms with E-state index in [1.807, 2.05) is 12.1 Å². The standard InChI is InChI=1S/C28H35N7O5/c1-3-39-23(36)12-11-22(27(38)40-4-2)33-26(37)19-9-10-21(18-8-6-5-7-17(18)19)31-14-16-13-20-24(29)34-28(30)35-25(20)32-15-16/h9-10,13,15,22,31H,3-8,11-12,14H2,1-2H3,(H,33,37)(H4,29,30,32,34,35)/t22-/m0/s1. The van der Waals surface area contributed by atoms with Crippen molar-refractivity contribution in [2.24, 2.45) is 0 Å². The normalized spacial score (nSPS) is 13.2. The van der Waals surface area contributed by atoms with Crippen LogP contribution >= 0.6 is 0 Å². The lowest BCUT2D eigenvalue weighted by atomic mass is 9.86. The molecule has 0 aliphatic heterocycles. The summed E-state index contributed by atoms with van der Waals surface area (Å²) in [4.78, 5) is 50.3. The number of nitrogen functional groups attached to an aromatic ring is 2. The molecular formula is C28H35N7O5. The minimum absolute atomic E-state index is 0.00659. The Balaban J connectivity index is 1.52. The Labute approximate surface area is 232 Å². The van der Waals surface area contributed by atoms with Crippen LogP contribution in [0, 0.1) is 0 Å². The predicted octanol–water partition coefficient (Wildman–Crippen LogP) is 2.68. The van der Waals surface area contributed by atoms with Crippen molar-refractivity contribution in [3.8, 4) is 0 Å². The fourth-order valence-electron chi connectivity index (χ4n) is 4.86. The summed E-state index contributed by atoms with van der Waals surface area (Å²) in [7, 11) is 0. The number of amides is 1. The van der Waals surface area contributed by atoms with Gasteiger partial charge in [-0.3, -0.25) is 9.59 Å². The van der Waals surface area contributed by atoms with E-state index in [4.69, 9.17) is 20.9 Å². The summed E-state index contributed by atoms with van der Waals surface area (Å²) in [6.45, 7) is 4.29. The van der Waals surface area contributed by atoms with Gasteiger partial charge in [-0.2, -0.15) is 9.97 Å². The lowest BCUT2D eigenvalue weighted by Gasteiger charge is -2.24.